The fourth-order valence-electron chi connectivity index (χ4n) is 5.19. The number of nitrogens with zero attached hydrogens (tertiary/aromatic N) is 5. The Bertz CT molecular complexity index is 1520. The topological polar surface area (TPSA) is 107 Å². The number of hydrogen-bond acceptors (Lipinski definition) is 7. The number of pyridine rings is 1. The van der Waals surface area contributed by atoms with Gasteiger partial charge in [-0.15, -0.1) is 0 Å². The lowest BCUT2D eigenvalue weighted by Gasteiger charge is -2.33. The Morgan fingerprint density at radius 2 is 1.83 bits per heavy atom. The quantitative estimate of drug-likeness (QED) is 0.302. The molecule has 2 heterocycles. The second-order valence-corrected chi connectivity index (χ2v) is 10.5. The monoisotopic (exact) mass is 575 g/mol. The zero-order valence-corrected chi connectivity index (χ0v) is 23.5. The standard InChI is InChI=1S/C30H31ClFN7O2/c1-34-39(23-9-6-21(32)7-10-23)29-20(17-26(33)40)4-3-19-5-8-22(18-24(19)29)35-30(41)28-25(31)11-12-27(36-28)38-15-13-37(2)14-16-38/h5-12,18H,1,3-4,13-17H2,2H3,(H2,33,40)(H,35,41). The molecule has 0 saturated carbocycles. The summed E-state index contributed by atoms with van der Waals surface area (Å²) in [6, 6.07) is 14.9. The number of carbonyl (C=O) groups excluding carboxylic acids is 2. The van der Waals surface area contributed by atoms with E-state index >= 15 is 0 Å². The number of fused-ring (bicyclic) bond motifs is 1. The van der Waals surface area contributed by atoms with Gasteiger partial charge in [-0.05, 0) is 79.6 Å². The number of primary amides is 1. The molecule has 11 heteroatoms. The molecule has 212 valence electrons. The summed E-state index contributed by atoms with van der Waals surface area (Å²) in [5, 5.41) is 8.95. The van der Waals surface area contributed by atoms with Gasteiger partial charge in [0.25, 0.3) is 5.91 Å². The third-order valence-electron chi connectivity index (χ3n) is 7.34. The molecule has 3 aromatic rings. The van der Waals surface area contributed by atoms with Gasteiger partial charge in [0.2, 0.25) is 5.91 Å². The zero-order chi connectivity index (χ0) is 29.1. The van der Waals surface area contributed by atoms with Crippen LogP contribution in [0.5, 0.6) is 0 Å². The van der Waals surface area contributed by atoms with E-state index in [-0.39, 0.29) is 23.0 Å². The van der Waals surface area contributed by atoms with Gasteiger partial charge in [-0.1, -0.05) is 17.7 Å². The summed E-state index contributed by atoms with van der Waals surface area (Å²) in [4.78, 5) is 34.3. The van der Waals surface area contributed by atoms with Crippen LogP contribution in [0.2, 0.25) is 5.02 Å². The van der Waals surface area contributed by atoms with Gasteiger partial charge < -0.3 is 20.9 Å². The Kier molecular flexibility index (Phi) is 8.32. The van der Waals surface area contributed by atoms with E-state index in [2.05, 4.69) is 39.0 Å². The van der Waals surface area contributed by atoms with Crippen molar-refractivity contribution in [1.29, 1.82) is 0 Å². The van der Waals surface area contributed by atoms with E-state index in [0.29, 0.717) is 35.7 Å². The molecular formula is C30H31ClFN7O2. The van der Waals surface area contributed by atoms with E-state index in [1.54, 1.807) is 23.2 Å². The molecule has 0 bridgehead atoms. The highest BCUT2D eigenvalue weighted by molar-refractivity contribution is 6.34. The highest BCUT2D eigenvalue weighted by Crippen LogP contribution is 2.39. The first-order valence-electron chi connectivity index (χ1n) is 13.3. The molecule has 2 aliphatic rings. The van der Waals surface area contributed by atoms with Crippen LogP contribution in [0.25, 0.3) is 5.70 Å². The molecule has 0 atom stereocenters. The van der Waals surface area contributed by atoms with Crippen LogP contribution in [-0.2, 0) is 11.2 Å². The lowest BCUT2D eigenvalue weighted by Crippen LogP contribution is -2.44. The number of amides is 2. The summed E-state index contributed by atoms with van der Waals surface area (Å²) in [6.45, 7) is 7.15. The minimum absolute atomic E-state index is 0.0250. The van der Waals surface area contributed by atoms with Gasteiger partial charge in [-0.25, -0.2) is 14.4 Å². The maximum Gasteiger partial charge on any atom is 0.275 e. The summed E-state index contributed by atoms with van der Waals surface area (Å²) in [5.41, 5.74) is 9.94. The predicted octanol–water partition coefficient (Wildman–Crippen LogP) is 4.53. The van der Waals surface area contributed by atoms with E-state index in [1.807, 2.05) is 24.3 Å². The van der Waals surface area contributed by atoms with Gasteiger partial charge in [0.15, 0.2) is 0 Å². The van der Waals surface area contributed by atoms with Crippen molar-refractivity contribution in [3.05, 3.63) is 87.8 Å². The van der Waals surface area contributed by atoms with E-state index in [4.69, 9.17) is 17.3 Å². The molecular weight excluding hydrogens is 545 g/mol. The fourth-order valence-corrected chi connectivity index (χ4v) is 5.38. The number of aromatic nitrogens is 1. The van der Waals surface area contributed by atoms with Crippen molar-refractivity contribution < 1.29 is 14.0 Å². The summed E-state index contributed by atoms with van der Waals surface area (Å²) in [6.07, 6.45) is 1.28. The van der Waals surface area contributed by atoms with E-state index in [0.717, 1.165) is 42.9 Å². The second-order valence-electron chi connectivity index (χ2n) is 10.1. The van der Waals surface area contributed by atoms with Crippen molar-refractivity contribution in [2.24, 2.45) is 10.8 Å². The first kappa shape index (κ1) is 28.3. The average Bonchev–Trinajstić information content (AvgIpc) is 2.95. The Morgan fingerprint density at radius 1 is 1.10 bits per heavy atom. The van der Waals surface area contributed by atoms with E-state index in [1.165, 1.54) is 12.1 Å². The van der Waals surface area contributed by atoms with Crippen LogP contribution in [0.1, 0.15) is 34.5 Å². The number of carbonyl (C=O) groups is 2. The smallest absolute Gasteiger partial charge is 0.275 e. The normalized spacial score (nSPS) is 15.3. The highest BCUT2D eigenvalue weighted by atomic mass is 35.5. The molecule has 0 radical (unpaired) electrons. The number of nitrogens with two attached hydrogens (primary N) is 1. The second kappa shape index (κ2) is 12.1. The maximum absolute atomic E-state index is 13.7. The maximum atomic E-state index is 13.7. The molecule has 1 saturated heterocycles. The van der Waals surface area contributed by atoms with Crippen molar-refractivity contribution in [1.82, 2.24) is 9.88 Å². The number of aryl methyl sites for hydroxylation is 1. The van der Waals surface area contributed by atoms with Crippen LogP contribution in [-0.4, -0.2) is 61.6 Å². The third-order valence-corrected chi connectivity index (χ3v) is 7.64. The van der Waals surface area contributed by atoms with Crippen LogP contribution < -0.4 is 21.0 Å². The number of hydrogen-bond donors (Lipinski definition) is 2. The number of likely N-dealkylation sites (N-methyl/N-ethyl adjacent to an activating group) is 1. The summed E-state index contributed by atoms with van der Waals surface area (Å²) in [5.74, 6) is -0.607. The first-order valence-corrected chi connectivity index (χ1v) is 13.7. The lowest BCUT2D eigenvalue weighted by atomic mass is 9.87. The van der Waals surface area contributed by atoms with Crippen molar-refractivity contribution >= 4 is 53.0 Å². The van der Waals surface area contributed by atoms with Gasteiger partial charge >= 0.3 is 0 Å². The van der Waals surface area contributed by atoms with Crippen LogP contribution in [0.3, 0.4) is 0 Å². The molecule has 1 fully saturated rings. The Balaban J connectivity index is 1.48. The minimum Gasteiger partial charge on any atom is -0.369 e. The van der Waals surface area contributed by atoms with Crippen molar-refractivity contribution in [2.75, 3.05) is 48.5 Å². The number of halogens is 2. The number of nitrogens with one attached hydrogen (secondary N) is 1. The van der Waals surface area contributed by atoms with Crippen molar-refractivity contribution in [2.45, 2.75) is 19.3 Å². The largest absolute Gasteiger partial charge is 0.369 e. The molecule has 9 nitrogen and oxygen atoms in total. The van der Waals surface area contributed by atoms with Gasteiger partial charge in [0.05, 0.1) is 16.4 Å². The number of anilines is 3. The number of piperazine rings is 1. The van der Waals surface area contributed by atoms with E-state index in [9.17, 15) is 14.0 Å². The zero-order valence-electron chi connectivity index (χ0n) is 22.7. The Hall–Kier alpha value is -4.28. The van der Waals surface area contributed by atoms with Gasteiger partial charge in [0.1, 0.15) is 17.3 Å². The molecule has 41 heavy (non-hydrogen) atoms. The SMILES string of the molecule is C=NN(C1=C(CC(N)=O)CCc2ccc(NC(=O)c3nc(N4CCN(C)CC4)ccc3Cl)cc21)c1ccc(F)cc1. The summed E-state index contributed by atoms with van der Waals surface area (Å²) >= 11 is 6.41. The van der Waals surface area contributed by atoms with Gasteiger partial charge in [-0.3, -0.25) is 9.59 Å². The van der Waals surface area contributed by atoms with Crippen LogP contribution in [0, 0.1) is 5.82 Å². The van der Waals surface area contributed by atoms with Crippen LogP contribution in [0.4, 0.5) is 21.6 Å². The summed E-state index contributed by atoms with van der Waals surface area (Å²) in [7, 11) is 2.07. The molecule has 5 rings (SSSR count). The van der Waals surface area contributed by atoms with Gasteiger partial charge in [-0.2, -0.15) is 5.10 Å². The fraction of sp³-hybridized carbons (Fsp3) is 0.267. The summed E-state index contributed by atoms with van der Waals surface area (Å²) < 4.78 is 13.7. The minimum atomic E-state index is -0.477. The molecule has 1 aromatic heterocycles. The molecule has 2 amide bonds. The van der Waals surface area contributed by atoms with E-state index < -0.39 is 11.8 Å². The van der Waals surface area contributed by atoms with Crippen molar-refractivity contribution in [3.8, 4) is 0 Å². The molecule has 3 N–H and O–H groups in total. The lowest BCUT2D eigenvalue weighted by molar-refractivity contribution is -0.117. The molecule has 1 aliphatic carbocycles. The highest BCUT2D eigenvalue weighted by Gasteiger charge is 2.27. The Labute approximate surface area is 243 Å². The van der Waals surface area contributed by atoms with Crippen molar-refractivity contribution in [3.63, 3.8) is 0 Å². The molecule has 0 spiro atoms. The number of rotatable bonds is 8. The third kappa shape index (κ3) is 6.23. The molecule has 2 aromatic carbocycles. The van der Waals surface area contributed by atoms with Crippen LogP contribution in [0.15, 0.2) is 65.3 Å². The average molecular weight is 576 g/mol. The first-order chi connectivity index (χ1) is 19.7. The Morgan fingerprint density at radius 3 is 2.51 bits per heavy atom. The molecule has 0 unspecified atom stereocenters. The molecule has 1 aliphatic heterocycles. The predicted molar refractivity (Wildman–Crippen MR) is 161 cm³/mol. The number of benzene rings is 2. The number of hydrazone groups is 1. The van der Waals surface area contributed by atoms with Gasteiger partial charge in [0, 0.05) is 50.6 Å². The van der Waals surface area contributed by atoms with Crippen LogP contribution >= 0.6 is 11.6 Å².